The van der Waals surface area contributed by atoms with Crippen molar-refractivity contribution in [3.05, 3.63) is 51.1 Å². The van der Waals surface area contributed by atoms with Crippen LogP contribution in [0.15, 0.2) is 40.5 Å². The summed E-state index contributed by atoms with van der Waals surface area (Å²) >= 11 is 7.37. The normalized spacial score (nSPS) is 10.1. The van der Waals surface area contributed by atoms with E-state index in [1.807, 2.05) is 18.2 Å². The van der Waals surface area contributed by atoms with Gasteiger partial charge in [0.15, 0.2) is 0 Å². The number of hydrogen-bond donors (Lipinski definition) is 0. The Morgan fingerprint density at radius 1 is 1.21 bits per heavy atom. The van der Waals surface area contributed by atoms with Gasteiger partial charge in [-0.15, -0.1) is 11.3 Å². The molecule has 0 aliphatic rings. The van der Waals surface area contributed by atoms with Gasteiger partial charge in [0.05, 0.1) is 5.02 Å². The van der Waals surface area contributed by atoms with Crippen LogP contribution in [0, 0.1) is 0 Å². The van der Waals surface area contributed by atoms with Crippen LogP contribution in [0.4, 0.5) is 0 Å². The maximum absolute atomic E-state index is 11.0. The van der Waals surface area contributed by atoms with E-state index in [1.54, 1.807) is 11.4 Å². The zero-order chi connectivity index (χ0) is 9.97. The molecule has 0 fully saturated rings. The lowest BCUT2D eigenvalue weighted by atomic mass is 10.2. The Morgan fingerprint density at radius 2 is 2.00 bits per heavy atom. The maximum Gasteiger partial charge on any atom is 0.271 e. The molecule has 70 valence electrons. The number of aromatic nitrogens is 1. The highest BCUT2D eigenvalue weighted by atomic mass is 35.5. The Balaban J connectivity index is 2.61. The number of nitrogens with zero attached hydrogens (tertiary/aromatic N) is 1. The minimum Gasteiger partial charge on any atom is -0.267 e. The first-order valence-corrected chi connectivity index (χ1v) is 5.24. The molecule has 0 radical (unpaired) electrons. The maximum atomic E-state index is 11.0. The van der Waals surface area contributed by atoms with Crippen LogP contribution in [-0.4, -0.2) is 4.98 Å². The van der Waals surface area contributed by atoms with Crippen LogP contribution in [0.5, 0.6) is 0 Å². The predicted octanol–water partition coefficient (Wildman–Crippen LogP) is 2.82. The van der Waals surface area contributed by atoms with Gasteiger partial charge in [-0.3, -0.25) is 4.79 Å². The van der Waals surface area contributed by atoms with E-state index in [4.69, 9.17) is 11.6 Å². The zero-order valence-electron chi connectivity index (χ0n) is 7.11. The molecule has 0 atom stereocenters. The number of benzene rings is 1. The van der Waals surface area contributed by atoms with Crippen LogP contribution in [0.2, 0.25) is 5.02 Å². The largest absolute Gasteiger partial charge is 0.271 e. The highest BCUT2D eigenvalue weighted by Crippen LogP contribution is 2.27. The second-order valence-electron chi connectivity index (χ2n) is 2.66. The average Bonchev–Trinajstić information content (AvgIpc) is 2.18. The predicted molar refractivity (Wildman–Crippen MR) is 58.8 cm³/mol. The van der Waals surface area contributed by atoms with Gasteiger partial charge in [0.2, 0.25) is 0 Å². The summed E-state index contributed by atoms with van der Waals surface area (Å²) in [6, 6.07) is 8.78. The van der Waals surface area contributed by atoms with Gasteiger partial charge in [-0.25, -0.2) is 0 Å². The van der Waals surface area contributed by atoms with Crippen LogP contribution in [0.1, 0.15) is 0 Å². The van der Waals surface area contributed by atoms with E-state index in [-0.39, 0.29) is 5.56 Å². The summed E-state index contributed by atoms with van der Waals surface area (Å²) in [7, 11) is 0. The molecule has 0 aliphatic carbocycles. The van der Waals surface area contributed by atoms with Gasteiger partial charge >= 0.3 is 0 Å². The molecule has 4 heteroatoms. The third kappa shape index (κ3) is 1.84. The summed E-state index contributed by atoms with van der Waals surface area (Å²) in [6.07, 6.45) is 0. The highest BCUT2D eigenvalue weighted by molar-refractivity contribution is 7.12. The fraction of sp³-hybridized carbons (Fsp3) is 0. The molecule has 0 aliphatic heterocycles. The third-order valence-corrected chi connectivity index (χ3v) is 2.84. The summed E-state index contributed by atoms with van der Waals surface area (Å²) in [5.41, 5.74) is 0.565. The van der Waals surface area contributed by atoms with E-state index in [1.165, 1.54) is 17.4 Å². The molecule has 2 nitrogen and oxygen atoms in total. The molecule has 2 rings (SSSR count). The summed E-state index contributed by atoms with van der Waals surface area (Å²) in [5, 5.41) is 2.98. The lowest BCUT2D eigenvalue weighted by Gasteiger charge is -2.00. The van der Waals surface area contributed by atoms with Crippen molar-refractivity contribution in [2.45, 2.75) is 0 Å². The first-order chi connectivity index (χ1) is 6.77. The Bertz CT molecular complexity index is 509. The van der Waals surface area contributed by atoms with E-state index in [2.05, 4.69) is 4.98 Å². The second-order valence-corrected chi connectivity index (χ2v) is 3.96. The van der Waals surface area contributed by atoms with Gasteiger partial charge in [0.1, 0.15) is 5.01 Å². The van der Waals surface area contributed by atoms with Gasteiger partial charge in [-0.05, 0) is 11.4 Å². The molecule has 0 N–H and O–H groups in total. The summed E-state index contributed by atoms with van der Waals surface area (Å²) in [5.74, 6) is 0. The monoisotopic (exact) mass is 223 g/mol. The first-order valence-electron chi connectivity index (χ1n) is 3.98. The average molecular weight is 224 g/mol. The van der Waals surface area contributed by atoms with E-state index >= 15 is 0 Å². The lowest BCUT2D eigenvalue weighted by Crippen LogP contribution is -2.02. The second kappa shape index (κ2) is 3.90. The quantitative estimate of drug-likeness (QED) is 0.744. The molecule has 1 heterocycles. The molecule has 0 bridgehead atoms. The molecule has 0 saturated carbocycles. The Morgan fingerprint density at radius 3 is 2.71 bits per heavy atom. The van der Waals surface area contributed by atoms with Crippen LogP contribution in [0.25, 0.3) is 10.6 Å². The topological polar surface area (TPSA) is 30.0 Å². The summed E-state index contributed by atoms with van der Waals surface area (Å²) in [6.45, 7) is 0. The first kappa shape index (κ1) is 9.37. The fourth-order valence-corrected chi connectivity index (χ4v) is 2.12. The molecule has 14 heavy (non-hydrogen) atoms. The van der Waals surface area contributed by atoms with Crippen LogP contribution in [-0.2, 0) is 0 Å². The van der Waals surface area contributed by atoms with Crippen molar-refractivity contribution in [2.24, 2.45) is 0 Å². The minimum absolute atomic E-state index is 0.237. The molecular formula is C10H6ClNOS. The third-order valence-electron chi connectivity index (χ3n) is 1.71. The van der Waals surface area contributed by atoms with Gasteiger partial charge in [0.25, 0.3) is 5.56 Å². The summed E-state index contributed by atoms with van der Waals surface area (Å²) < 4.78 is 0. The van der Waals surface area contributed by atoms with Gasteiger partial charge in [-0.2, -0.15) is 4.98 Å². The van der Waals surface area contributed by atoms with Crippen molar-refractivity contribution in [1.29, 1.82) is 0 Å². The van der Waals surface area contributed by atoms with Crippen molar-refractivity contribution < 1.29 is 0 Å². The van der Waals surface area contributed by atoms with E-state index < -0.39 is 0 Å². The molecule has 0 unspecified atom stereocenters. The van der Waals surface area contributed by atoms with E-state index in [0.29, 0.717) is 10.0 Å². The van der Waals surface area contributed by atoms with Gasteiger partial charge < -0.3 is 0 Å². The number of rotatable bonds is 1. The Labute approximate surface area is 89.8 Å². The molecule has 0 spiro atoms. The standard InChI is InChI=1S/C10H6ClNOS/c11-8-4-2-1-3-7(8)10-12-9(13)5-6-14-10/h1-6H. The molecular weight excluding hydrogens is 218 g/mol. The van der Waals surface area contributed by atoms with Crippen molar-refractivity contribution in [2.75, 3.05) is 0 Å². The SMILES string of the molecule is O=c1ccsc(-c2ccccc2Cl)n1. The number of hydrogen-bond acceptors (Lipinski definition) is 3. The van der Waals surface area contributed by atoms with Crippen LogP contribution < -0.4 is 5.56 Å². The van der Waals surface area contributed by atoms with Crippen molar-refractivity contribution in [3.63, 3.8) is 0 Å². The Hall–Kier alpha value is -1.19. The molecule has 0 amide bonds. The van der Waals surface area contributed by atoms with Crippen molar-refractivity contribution in [3.8, 4) is 10.6 Å². The smallest absolute Gasteiger partial charge is 0.267 e. The fourth-order valence-electron chi connectivity index (χ4n) is 1.08. The van der Waals surface area contributed by atoms with Crippen LogP contribution in [0.3, 0.4) is 0 Å². The van der Waals surface area contributed by atoms with Crippen molar-refractivity contribution in [1.82, 2.24) is 4.98 Å². The lowest BCUT2D eigenvalue weighted by molar-refractivity contribution is 1.28. The van der Waals surface area contributed by atoms with E-state index in [9.17, 15) is 4.79 Å². The summed E-state index contributed by atoms with van der Waals surface area (Å²) in [4.78, 5) is 14.9. The van der Waals surface area contributed by atoms with E-state index in [0.717, 1.165) is 5.56 Å². The molecule has 1 aromatic carbocycles. The van der Waals surface area contributed by atoms with Crippen molar-refractivity contribution >= 4 is 22.9 Å². The number of halogens is 1. The zero-order valence-corrected chi connectivity index (χ0v) is 8.68. The Kier molecular flexibility index (Phi) is 2.61. The van der Waals surface area contributed by atoms with Crippen LogP contribution >= 0.6 is 22.9 Å². The molecule has 2 aromatic rings. The van der Waals surface area contributed by atoms with Gasteiger partial charge in [-0.1, -0.05) is 29.8 Å². The van der Waals surface area contributed by atoms with Gasteiger partial charge in [0, 0.05) is 11.6 Å². The highest BCUT2D eigenvalue weighted by Gasteiger charge is 2.04. The molecule has 1 aromatic heterocycles. The molecule has 0 saturated heterocycles. The minimum atomic E-state index is -0.237.